The van der Waals surface area contributed by atoms with E-state index in [9.17, 15) is 14.4 Å². The maximum atomic E-state index is 13.5. The Balaban J connectivity index is 1.42. The number of amides is 3. The minimum absolute atomic E-state index is 0.0709. The molecule has 0 saturated heterocycles. The number of carbonyl (C=O) groups excluding carboxylic acids is 3. The van der Waals surface area contributed by atoms with Crippen LogP contribution in [0.3, 0.4) is 0 Å². The highest BCUT2D eigenvalue weighted by Gasteiger charge is 2.17. The molecule has 4 rings (SSSR count). The second-order valence-corrected chi connectivity index (χ2v) is 11.5. The summed E-state index contributed by atoms with van der Waals surface area (Å²) < 4.78 is 10.9. The Hall–Kier alpha value is -5.02. The molecule has 9 heteroatoms. The highest BCUT2D eigenvalue weighted by atomic mass is 32.2. The molecule has 4 aromatic carbocycles. The number of ether oxygens (including phenoxy) is 2. The molecule has 4 aromatic rings. The monoisotopic (exact) mass is 623 g/mol. The zero-order chi connectivity index (χ0) is 32.0. The summed E-state index contributed by atoms with van der Waals surface area (Å²) in [6.45, 7) is 4.60. The molecule has 0 heterocycles. The molecule has 0 saturated carbocycles. The summed E-state index contributed by atoms with van der Waals surface area (Å²) in [7, 11) is 1.58. The van der Waals surface area contributed by atoms with Crippen LogP contribution >= 0.6 is 11.8 Å². The predicted molar refractivity (Wildman–Crippen MR) is 181 cm³/mol. The lowest BCUT2D eigenvalue weighted by Crippen LogP contribution is -2.30. The van der Waals surface area contributed by atoms with E-state index in [4.69, 9.17) is 9.47 Å². The first kappa shape index (κ1) is 32.9. The first-order chi connectivity index (χ1) is 21.8. The third kappa shape index (κ3) is 10.3. The number of carbonyl (C=O) groups is 3. The van der Waals surface area contributed by atoms with Gasteiger partial charge in [-0.2, -0.15) is 0 Å². The molecule has 8 nitrogen and oxygen atoms in total. The molecule has 3 amide bonds. The van der Waals surface area contributed by atoms with Gasteiger partial charge in [0.15, 0.2) is 0 Å². The number of methoxy groups -OCH3 is 1. The standard InChI is InChI=1S/C36H37N3O5S/c1-4-5-22-44-31-20-16-28(17-21-31)37-34(40)25(2)45-32-13-9-12-29(24-32)38-36(42)33(23-26-14-18-30(43-3)19-15-26)39-35(41)27-10-7-6-8-11-27/h6-21,23-25H,4-5,22H2,1-3H3,(H,37,40)(H,38,42)(H,39,41)/b33-23+. The molecule has 0 aliphatic rings. The lowest BCUT2D eigenvalue weighted by atomic mass is 10.1. The van der Waals surface area contributed by atoms with Gasteiger partial charge < -0.3 is 25.4 Å². The Labute approximate surface area is 268 Å². The van der Waals surface area contributed by atoms with E-state index < -0.39 is 17.1 Å². The Kier molecular flexibility index (Phi) is 12.2. The van der Waals surface area contributed by atoms with Gasteiger partial charge in [-0.05, 0) is 91.7 Å². The number of nitrogens with one attached hydrogen (secondary N) is 3. The van der Waals surface area contributed by atoms with Crippen molar-refractivity contribution in [1.82, 2.24) is 5.32 Å². The molecular weight excluding hydrogens is 586 g/mol. The molecule has 0 aromatic heterocycles. The topological polar surface area (TPSA) is 106 Å². The van der Waals surface area contributed by atoms with Crippen LogP contribution in [-0.2, 0) is 9.59 Å². The lowest BCUT2D eigenvalue weighted by molar-refractivity contribution is -0.115. The van der Waals surface area contributed by atoms with Gasteiger partial charge in [0, 0.05) is 21.8 Å². The van der Waals surface area contributed by atoms with Crippen molar-refractivity contribution in [1.29, 1.82) is 0 Å². The fraction of sp³-hybridized carbons (Fsp3) is 0.194. The summed E-state index contributed by atoms with van der Waals surface area (Å²) in [4.78, 5) is 40.1. The minimum Gasteiger partial charge on any atom is -0.497 e. The highest BCUT2D eigenvalue weighted by Crippen LogP contribution is 2.27. The van der Waals surface area contributed by atoms with Gasteiger partial charge in [0.2, 0.25) is 5.91 Å². The molecule has 0 aliphatic carbocycles. The van der Waals surface area contributed by atoms with Crippen LogP contribution in [0.5, 0.6) is 11.5 Å². The molecule has 45 heavy (non-hydrogen) atoms. The molecule has 0 bridgehead atoms. The number of rotatable bonds is 14. The number of anilines is 2. The van der Waals surface area contributed by atoms with E-state index in [2.05, 4.69) is 22.9 Å². The summed E-state index contributed by atoms with van der Waals surface area (Å²) >= 11 is 1.37. The van der Waals surface area contributed by atoms with Gasteiger partial charge in [0.25, 0.3) is 11.8 Å². The molecule has 1 atom stereocenters. The molecular formula is C36H37N3O5S. The van der Waals surface area contributed by atoms with Crippen molar-refractivity contribution in [3.05, 3.63) is 120 Å². The third-order valence-electron chi connectivity index (χ3n) is 6.62. The number of benzene rings is 4. The predicted octanol–water partition coefficient (Wildman–Crippen LogP) is 7.40. The van der Waals surface area contributed by atoms with Crippen LogP contribution in [0.2, 0.25) is 0 Å². The largest absolute Gasteiger partial charge is 0.497 e. The van der Waals surface area contributed by atoms with Gasteiger partial charge in [-0.25, -0.2) is 0 Å². The summed E-state index contributed by atoms with van der Waals surface area (Å²) in [5.74, 6) is 0.388. The maximum Gasteiger partial charge on any atom is 0.272 e. The number of unbranched alkanes of at least 4 members (excludes halogenated alkanes) is 1. The van der Waals surface area contributed by atoms with Crippen molar-refractivity contribution < 1.29 is 23.9 Å². The van der Waals surface area contributed by atoms with Crippen LogP contribution in [-0.4, -0.2) is 36.7 Å². The van der Waals surface area contributed by atoms with E-state index in [1.54, 1.807) is 79.9 Å². The van der Waals surface area contributed by atoms with Gasteiger partial charge in [-0.15, -0.1) is 11.8 Å². The fourth-order valence-electron chi connectivity index (χ4n) is 4.13. The van der Waals surface area contributed by atoms with Gasteiger partial charge >= 0.3 is 0 Å². The van der Waals surface area contributed by atoms with E-state index in [1.807, 2.05) is 43.3 Å². The lowest BCUT2D eigenvalue weighted by Gasteiger charge is -2.14. The average molecular weight is 624 g/mol. The van der Waals surface area contributed by atoms with Gasteiger partial charge in [0.05, 0.1) is 19.0 Å². The maximum absolute atomic E-state index is 13.5. The number of hydrogen-bond donors (Lipinski definition) is 3. The zero-order valence-corrected chi connectivity index (χ0v) is 26.4. The van der Waals surface area contributed by atoms with Crippen LogP contribution in [0.25, 0.3) is 6.08 Å². The normalized spacial score (nSPS) is 11.7. The number of hydrogen-bond acceptors (Lipinski definition) is 6. The zero-order valence-electron chi connectivity index (χ0n) is 25.5. The molecule has 1 unspecified atom stereocenters. The summed E-state index contributed by atoms with van der Waals surface area (Å²) in [6, 6.07) is 30.3. The first-order valence-electron chi connectivity index (χ1n) is 14.7. The SMILES string of the molecule is CCCCOc1ccc(NC(=O)C(C)Sc2cccc(NC(=O)/C(=C\c3ccc(OC)cc3)NC(=O)c3ccccc3)c2)cc1. The average Bonchev–Trinajstić information content (AvgIpc) is 3.06. The van der Waals surface area contributed by atoms with Crippen LogP contribution in [0.1, 0.15) is 42.6 Å². The van der Waals surface area contributed by atoms with Gasteiger partial charge in [0.1, 0.15) is 17.2 Å². The van der Waals surface area contributed by atoms with Gasteiger partial charge in [-0.3, -0.25) is 14.4 Å². The number of thioether (sulfide) groups is 1. The minimum atomic E-state index is -0.495. The Bertz CT molecular complexity index is 1610. The van der Waals surface area contributed by atoms with Crippen LogP contribution < -0.4 is 25.4 Å². The second-order valence-electron chi connectivity index (χ2n) is 10.1. The van der Waals surface area contributed by atoms with Crippen LogP contribution in [0, 0.1) is 0 Å². The van der Waals surface area contributed by atoms with Crippen molar-refractivity contribution >= 4 is 46.9 Å². The second kappa shape index (κ2) is 16.7. The van der Waals surface area contributed by atoms with Gasteiger partial charge in [-0.1, -0.05) is 49.7 Å². The third-order valence-corrected chi connectivity index (χ3v) is 7.71. The van der Waals surface area contributed by atoms with E-state index in [0.717, 1.165) is 23.5 Å². The molecule has 0 aliphatic heterocycles. The Morgan fingerprint density at radius 1 is 0.822 bits per heavy atom. The van der Waals surface area contributed by atoms with E-state index in [1.165, 1.54) is 11.8 Å². The fourth-order valence-corrected chi connectivity index (χ4v) is 5.05. The van der Waals surface area contributed by atoms with Crippen LogP contribution in [0.4, 0.5) is 11.4 Å². The van der Waals surface area contributed by atoms with E-state index in [-0.39, 0.29) is 11.6 Å². The molecule has 232 valence electrons. The highest BCUT2D eigenvalue weighted by molar-refractivity contribution is 8.00. The molecule has 3 N–H and O–H groups in total. The molecule has 0 spiro atoms. The van der Waals surface area contributed by atoms with E-state index in [0.29, 0.717) is 34.9 Å². The van der Waals surface area contributed by atoms with Crippen molar-refractivity contribution in [3.63, 3.8) is 0 Å². The summed E-state index contributed by atoms with van der Waals surface area (Å²) in [5, 5.41) is 8.15. The van der Waals surface area contributed by atoms with Crippen molar-refractivity contribution in [3.8, 4) is 11.5 Å². The summed E-state index contributed by atoms with van der Waals surface area (Å²) in [5.41, 5.74) is 2.41. The molecule has 0 radical (unpaired) electrons. The van der Waals surface area contributed by atoms with E-state index >= 15 is 0 Å². The molecule has 0 fully saturated rings. The van der Waals surface area contributed by atoms with Crippen LogP contribution in [0.15, 0.2) is 114 Å². The Morgan fingerprint density at radius 3 is 2.22 bits per heavy atom. The van der Waals surface area contributed by atoms with Crippen molar-refractivity contribution in [2.24, 2.45) is 0 Å². The van der Waals surface area contributed by atoms with Crippen molar-refractivity contribution in [2.45, 2.75) is 36.8 Å². The summed E-state index contributed by atoms with van der Waals surface area (Å²) in [6.07, 6.45) is 3.66. The van der Waals surface area contributed by atoms with Crippen molar-refractivity contribution in [2.75, 3.05) is 24.4 Å². The quantitative estimate of drug-likeness (QED) is 0.0768. The Morgan fingerprint density at radius 2 is 1.53 bits per heavy atom. The smallest absolute Gasteiger partial charge is 0.272 e. The first-order valence-corrected chi connectivity index (χ1v) is 15.6.